The largest absolute Gasteiger partial charge is 0.467 e. The van der Waals surface area contributed by atoms with Gasteiger partial charge in [0.1, 0.15) is 5.76 Å². The van der Waals surface area contributed by atoms with Crippen molar-refractivity contribution in [3.05, 3.63) is 96.1 Å². The highest BCUT2D eigenvalue weighted by molar-refractivity contribution is 5.95. The predicted octanol–water partition coefficient (Wildman–Crippen LogP) is 4.87. The van der Waals surface area contributed by atoms with E-state index in [-0.39, 0.29) is 0 Å². The summed E-state index contributed by atoms with van der Waals surface area (Å²) < 4.78 is 7.56. The molecule has 0 atom stereocenters. The van der Waals surface area contributed by atoms with Crippen LogP contribution in [0.1, 0.15) is 21.8 Å². The highest BCUT2D eigenvalue weighted by Crippen LogP contribution is 2.29. The normalized spacial score (nSPS) is 10.9. The molecule has 4 heteroatoms. The third-order valence-electron chi connectivity index (χ3n) is 4.81. The second-order valence-electron chi connectivity index (χ2n) is 6.50. The van der Waals surface area contributed by atoms with Gasteiger partial charge in [-0.25, -0.2) is 0 Å². The first-order chi connectivity index (χ1) is 13.1. The van der Waals surface area contributed by atoms with Gasteiger partial charge < -0.3 is 14.7 Å². The van der Waals surface area contributed by atoms with Crippen LogP contribution in [0.15, 0.2) is 83.5 Å². The fraction of sp³-hybridized carbons (Fsp3) is 0.0870. The minimum absolute atomic E-state index is 0.423. The second kappa shape index (κ2) is 7.00. The fourth-order valence-corrected chi connectivity index (χ4v) is 3.36. The molecule has 0 bridgehead atoms. The first-order valence-corrected chi connectivity index (χ1v) is 8.81. The van der Waals surface area contributed by atoms with Crippen LogP contribution >= 0.6 is 0 Å². The summed E-state index contributed by atoms with van der Waals surface area (Å²) in [6.45, 7) is 2.45. The summed E-state index contributed by atoms with van der Waals surface area (Å²) in [5.74, 6) is 0.403. The number of carbonyl (C=O) groups excluding carboxylic acids is 1. The maximum absolute atomic E-state index is 11.8. The van der Waals surface area contributed by atoms with E-state index in [0.29, 0.717) is 12.1 Å². The molecule has 0 fully saturated rings. The molecular weight excluding hydrogens is 336 g/mol. The van der Waals surface area contributed by atoms with Crippen molar-refractivity contribution < 1.29 is 9.21 Å². The summed E-state index contributed by atoms with van der Waals surface area (Å²) >= 11 is 0. The molecule has 27 heavy (non-hydrogen) atoms. The molecule has 0 saturated carbocycles. The summed E-state index contributed by atoms with van der Waals surface area (Å²) in [5.41, 5.74) is 11.2. The molecule has 2 aromatic carbocycles. The molecule has 0 aliphatic heterocycles. The van der Waals surface area contributed by atoms with Gasteiger partial charge in [-0.2, -0.15) is 0 Å². The third kappa shape index (κ3) is 3.29. The van der Waals surface area contributed by atoms with Crippen molar-refractivity contribution in [1.82, 2.24) is 4.57 Å². The summed E-state index contributed by atoms with van der Waals surface area (Å²) in [6.07, 6.45) is 1.65. The number of benzene rings is 2. The van der Waals surface area contributed by atoms with Crippen molar-refractivity contribution in [2.24, 2.45) is 5.73 Å². The van der Waals surface area contributed by atoms with Gasteiger partial charge >= 0.3 is 0 Å². The second-order valence-corrected chi connectivity index (χ2v) is 6.50. The van der Waals surface area contributed by atoms with Gasteiger partial charge in [-0.3, -0.25) is 4.79 Å². The van der Waals surface area contributed by atoms with Gasteiger partial charge in [0.15, 0.2) is 0 Å². The van der Waals surface area contributed by atoms with Crippen molar-refractivity contribution in [2.45, 2.75) is 13.5 Å². The molecule has 0 saturated heterocycles. The lowest BCUT2D eigenvalue weighted by molar-refractivity contribution is 0.0999. The molecule has 1 amide bonds. The number of carbonyl (C=O) groups is 1. The van der Waals surface area contributed by atoms with Gasteiger partial charge in [-0.15, -0.1) is 0 Å². The number of nitrogens with two attached hydrogens (primary N) is 1. The monoisotopic (exact) mass is 356 g/mol. The van der Waals surface area contributed by atoms with Gasteiger partial charge in [0, 0.05) is 11.4 Å². The van der Waals surface area contributed by atoms with Crippen LogP contribution in [0.25, 0.3) is 22.4 Å². The Kier molecular flexibility index (Phi) is 4.38. The van der Waals surface area contributed by atoms with Crippen LogP contribution in [-0.2, 0) is 6.54 Å². The van der Waals surface area contributed by atoms with Crippen LogP contribution in [-0.4, -0.2) is 10.5 Å². The van der Waals surface area contributed by atoms with Crippen molar-refractivity contribution in [3.63, 3.8) is 0 Å². The van der Waals surface area contributed by atoms with Crippen LogP contribution < -0.4 is 5.73 Å². The Balaban J connectivity index is 1.76. The van der Waals surface area contributed by atoms with E-state index in [4.69, 9.17) is 10.2 Å². The highest BCUT2D eigenvalue weighted by atomic mass is 16.3. The van der Waals surface area contributed by atoms with E-state index in [1.54, 1.807) is 6.26 Å². The van der Waals surface area contributed by atoms with E-state index >= 15 is 0 Å². The number of furan rings is 1. The quantitative estimate of drug-likeness (QED) is 0.554. The fourth-order valence-electron chi connectivity index (χ4n) is 3.36. The Morgan fingerprint density at radius 3 is 2.22 bits per heavy atom. The van der Waals surface area contributed by atoms with Crippen LogP contribution in [0.2, 0.25) is 0 Å². The first kappa shape index (κ1) is 16.9. The molecule has 0 aliphatic rings. The maximum atomic E-state index is 11.8. The molecule has 0 aliphatic carbocycles. The summed E-state index contributed by atoms with van der Waals surface area (Å²) in [7, 11) is 0. The lowest BCUT2D eigenvalue weighted by Gasteiger charge is -2.11. The molecule has 4 nitrogen and oxygen atoms in total. The minimum Gasteiger partial charge on any atom is -0.467 e. The van der Waals surface area contributed by atoms with E-state index < -0.39 is 5.91 Å². The summed E-state index contributed by atoms with van der Waals surface area (Å²) in [4.78, 5) is 11.8. The minimum atomic E-state index is -0.423. The van der Waals surface area contributed by atoms with Crippen LogP contribution in [0.4, 0.5) is 0 Å². The SMILES string of the molecule is Cc1c(C(N)=O)cc(-c2ccc(-c3ccccc3)cc2)n1Cc1ccco1. The lowest BCUT2D eigenvalue weighted by Crippen LogP contribution is -2.12. The Hall–Kier alpha value is -3.53. The molecular formula is C23H20N2O2. The number of hydrogen-bond acceptors (Lipinski definition) is 2. The van der Waals surface area contributed by atoms with E-state index in [0.717, 1.165) is 28.3 Å². The topological polar surface area (TPSA) is 61.2 Å². The van der Waals surface area contributed by atoms with Gasteiger partial charge in [0.05, 0.1) is 18.4 Å². The van der Waals surface area contributed by atoms with Crippen molar-refractivity contribution in [2.75, 3.05) is 0 Å². The molecule has 4 rings (SSSR count). The van der Waals surface area contributed by atoms with Gasteiger partial charge in [0.25, 0.3) is 5.91 Å². The van der Waals surface area contributed by atoms with E-state index in [2.05, 4.69) is 41.0 Å². The average molecular weight is 356 g/mol. The predicted molar refractivity (Wildman–Crippen MR) is 106 cm³/mol. The molecule has 0 spiro atoms. The lowest BCUT2D eigenvalue weighted by atomic mass is 10.0. The number of amides is 1. The third-order valence-corrected chi connectivity index (χ3v) is 4.81. The number of rotatable bonds is 5. The van der Waals surface area contributed by atoms with Crippen LogP contribution in [0.5, 0.6) is 0 Å². The Bertz CT molecular complexity index is 1060. The zero-order valence-electron chi connectivity index (χ0n) is 15.1. The van der Waals surface area contributed by atoms with Crippen molar-refractivity contribution in [1.29, 1.82) is 0 Å². The van der Waals surface area contributed by atoms with Gasteiger partial charge in [0.2, 0.25) is 0 Å². The Labute approximate surface area is 157 Å². The van der Waals surface area contributed by atoms with Gasteiger partial charge in [-0.1, -0.05) is 54.6 Å². The zero-order chi connectivity index (χ0) is 18.8. The zero-order valence-corrected chi connectivity index (χ0v) is 15.1. The van der Waals surface area contributed by atoms with E-state index in [1.165, 1.54) is 5.56 Å². The molecule has 134 valence electrons. The first-order valence-electron chi connectivity index (χ1n) is 8.81. The smallest absolute Gasteiger partial charge is 0.250 e. The molecule has 2 N–H and O–H groups in total. The van der Waals surface area contributed by atoms with Gasteiger partial charge in [-0.05, 0) is 41.8 Å². The van der Waals surface area contributed by atoms with Crippen molar-refractivity contribution in [3.8, 4) is 22.4 Å². The van der Waals surface area contributed by atoms with Crippen LogP contribution in [0, 0.1) is 6.92 Å². The maximum Gasteiger partial charge on any atom is 0.250 e. The molecule has 2 aromatic heterocycles. The molecule has 0 unspecified atom stereocenters. The standard InChI is InChI=1S/C23H20N2O2/c1-16-21(23(24)26)14-22(25(16)15-20-8-5-13-27-20)19-11-9-18(10-12-19)17-6-3-2-4-7-17/h2-14H,15H2,1H3,(H2,24,26). The molecule has 0 radical (unpaired) electrons. The Morgan fingerprint density at radius 1 is 0.926 bits per heavy atom. The summed E-state index contributed by atoms with van der Waals surface area (Å²) in [6, 6.07) is 24.2. The van der Waals surface area contributed by atoms with Crippen molar-refractivity contribution >= 4 is 5.91 Å². The van der Waals surface area contributed by atoms with E-state index in [1.807, 2.05) is 43.3 Å². The molecule has 4 aromatic rings. The highest BCUT2D eigenvalue weighted by Gasteiger charge is 2.17. The number of aromatic nitrogens is 1. The number of hydrogen-bond donors (Lipinski definition) is 1. The average Bonchev–Trinajstić information content (AvgIpc) is 3.32. The number of nitrogens with zero attached hydrogens (tertiary/aromatic N) is 1. The summed E-state index contributed by atoms with van der Waals surface area (Å²) in [5, 5.41) is 0. The Morgan fingerprint density at radius 2 is 1.59 bits per heavy atom. The van der Waals surface area contributed by atoms with Crippen LogP contribution in [0.3, 0.4) is 0 Å². The molecule has 2 heterocycles. The van der Waals surface area contributed by atoms with E-state index in [9.17, 15) is 4.79 Å². The number of primary amides is 1.